The van der Waals surface area contributed by atoms with E-state index in [1.807, 2.05) is 0 Å². The van der Waals surface area contributed by atoms with Crippen LogP contribution in [0.25, 0.3) is 0 Å². The topological polar surface area (TPSA) is 81.8 Å². The number of carboxylic acid groups (broad SMARTS) is 1. The van der Waals surface area contributed by atoms with Crippen molar-refractivity contribution in [3.63, 3.8) is 0 Å². The second kappa shape index (κ2) is 6.43. The van der Waals surface area contributed by atoms with E-state index in [1.165, 1.54) is 0 Å². The molecule has 1 unspecified atom stereocenters. The van der Waals surface area contributed by atoms with Crippen LogP contribution < -0.4 is 10.5 Å². The van der Waals surface area contributed by atoms with E-state index < -0.39 is 5.97 Å². The molecule has 0 aromatic heterocycles. The van der Waals surface area contributed by atoms with Crippen LogP contribution in [-0.2, 0) is 4.74 Å². The first kappa shape index (κ1) is 13.7. The average Bonchev–Trinajstić information content (AvgIpc) is 2.87. The van der Waals surface area contributed by atoms with Gasteiger partial charge in [0.15, 0.2) is 0 Å². The molecule has 1 atom stereocenters. The first-order valence-electron chi connectivity index (χ1n) is 6.54. The van der Waals surface area contributed by atoms with Crippen LogP contribution in [0.2, 0.25) is 0 Å². The number of ether oxygens (including phenoxy) is 2. The van der Waals surface area contributed by atoms with E-state index in [0.29, 0.717) is 18.5 Å². The number of aromatic carboxylic acids is 1. The van der Waals surface area contributed by atoms with E-state index in [2.05, 4.69) is 0 Å². The van der Waals surface area contributed by atoms with Gasteiger partial charge in [-0.3, -0.25) is 0 Å². The van der Waals surface area contributed by atoms with Crippen LogP contribution in [0.3, 0.4) is 0 Å². The molecule has 1 fully saturated rings. The van der Waals surface area contributed by atoms with Crippen LogP contribution in [0.15, 0.2) is 18.2 Å². The number of nitrogens with two attached hydrogens (primary N) is 1. The first-order chi connectivity index (χ1) is 9.18. The third-order valence-electron chi connectivity index (χ3n) is 3.22. The van der Waals surface area contributed by atoms with E-state index >= 15 is 0 Å². The first-order valence-corrected chi connectivity index (χ1v) is 6.54. The van der Waals surface area contributed by atoms with Crippen molar-refractivity contribution in [2.24, 2.45) is 0 Å². The lowest BCUT2D eigenvalue weighted by molar-refractivity contribution is 0.0692. The van der Waals surface area contributed by atoms with E-state index in [4.69, 9.17) is 20.3 Å². The van der Waals surface area contributed by atoms with E-state index in [0.717, 1.165) is 32.3 Å². The average molecular weight is 265 g/mol. The van der Waals surface area contributed by atoms with Gasteiger partial charge in [0.1, 0.15) is 11.3 Å². The molecule has 1 saturated heterocycles. The van der Waals surface area contributed by atoms with Gasteiger partial charge in [0.05, 0.1) is 12.7 Å². The van der Waals surface area contributed by atoms with Crippen molar-refractivity contribution < 1.29 is 19.4 Å². The summed E-state index contributed by atoms with van der Waals surface area (Å²) < 4.78 is 11.0. The molecule has 0 aliphatic carbocycles. The quantitative estimate of drug-likeness (QED) is 0.609. The zero-order chi connectivity index (χ0) is 13.7. The molecule has 2 rings (SSSR count). The molecule has 5 heteroatoms. The lowest BCUT2D eigenvalue weighted by Gasteiger charge is -2.12. The molecule has 1 aliphatic rings. The lowest BCUT2D eigenvalue weighted by atomic mass is 10.1. The summed E-state index contributed by atoms with van der Waals surface area (Å²) in [4.78, 5) is 11.1. The van der Waals surface area contributed by atoms with Crippen LogP contribution in [-0.4, -0.2) is 30.4 Å². The summed E-state index contributed by atoms with van der Waals surface area (Å²) in [7, 11) is 0. The van der Waals surface area contributed by atoms with Crippen LogP contribution in [0.1, 0.15) is 36.0 Å². The van der Waals surface area contributed by atoms with Gasteiger partial charge in [-0.2, -0.15) is 0 Å². The molecule has 0 saturated carbocycles. The monoisotopic (exact) mass is 265 g/mol. The Morgan fingerprint density at radius 2 is 2.37 bits per heavy atom. The zero-order valence-electron chi connectivity index (χ0n) is 10.8. The number of rotatable bonds is 6. The SMILES string of the molecule is Nc1cccc(OCCCC2CCCO2)c1C(=O)O. The molecular weight excluding hydrogens is 246 g/mol. The molecular formula is C14H19NO4. The van der Waals surface area contributed by atoms with Crippen molar-refractivity contribution in [2.75, 3.05) is 18.9 Å². The van der Waals surface area contributed by atoms with Gasteiger partial charge in [0.2, 0.25) is 0 Å². The van der Waals surface area contributed by atoms with Crippen molar-refractivity contribution in [3.05, 3.63) is 23.8 Å². The third kappa shape index (κ3) is 3.61. The van der Waals surface area contributed by atoms with Gasteiger partial charge >= 0.3 is 5.97 Å². The summed E-state index contributed by atoms with van der Waals surface area (Å²) in [5.41, 5.74) is 5.91. The number of carboxylic acids is 1. The van der Waals surface area contributed by atoms with Gasteiger partial charge in [0.25, 0.3) is 0 Å². The highest BCUT2D eigenvalue weighted by atomic mass is 16.5. The predicted octanol–water partition coefficient (Wildman–Crippen LogP) is 2.31. The summed E-state index contributed by atoms with van der Waals surface area (Å²) in [5.74, 6) is -0.730. The van der Waals surface area contributed by atoms with Gasteiger partial charge in [-0.15, -0.1) is 0 Å². The Bertz CT molecular complexity index is 441. The molecule has 3 N–H and O–H groups in total. The summed E-state index contributed by atoms with van der Waals surface area (Å²) >= 11 is 0. The van der Waals surface area contributed by atoms with Crippen LogP contribution >= 0.6 is 0 Å². The van der Waals surface area contributed by atoms with Crippen molar-refractivity contribution >= 4 is 11.7 Å². The molecule has 104 valence electrons. The molecule has 0 bridgehead atoms. The number of hydrogen-bond donors (Lipinski definition) is 2. The fraction of sp³-hybridized carbons (Fsp3) is 0.500. The van der Waals surface area contributed by atoms with E-state index in [9.17, 15) is 4.79 Å². The molecule has 5 nitrogen and oxygen atoms in total. The number of hydrogen-bond acceptors (Lipinski definition) is 4. The summed E-state index contributed by atoms with van der Waals surface area (Å²) in [5, 5.41) is 9.10. The second-order valence-corrected chi connectivity index (χ2v) is 4.65. The zero-order valence-corrected chi connectivity index (χ0v) is 10.8. The predicted molar refractivity (Wildman–Crippen MR) is 71.5 cm³/mol. The largest absolute Gasteiger partial charge is 0.493 e. The highest BCUT2D eigenvalue weighted by Crippen LogP contribution is 2.25. The summed E-state index contributed by atoms with van der Waals surface area (Å²) in [6, 6.07) is 4.88. The molecule has 0 spiro atoms. The number of benzene rings is 1. The Morgan fingerprint density at radius 1 is 1.53 bits per heavy atom. The maximum absolute atomic E-state index is 11.1. The Balaban J connectivity index is 1.85. The number of anilines is 1. The Morgan fingerprint density at radius 3 is 3.05 bits per heavy atom. The maximum Gasteiger partial charge on any atom is 0.341 e. The number of nitrogen functional groups attached to an aromatic ring is 1. The van der Waals surface area contributed by atoms with Gasteiger partial charge in [-0.1, -0.05) is 6.07 Å². The summed E-state index contributed by atoms with van der Waals surface area (Å²) in [6.45, 7) is 1.33. The molecule has 1 aliphatic heterocycles. The summed E-state index contributed by atoms with van der Waals surface area (Å²) in [6.07, 6.45) is 4.37. The standard InChI is InChI=1S/C14H19NO4/c15-11-6-1-7-12(13(11)14(16)17)19-9-3-5-10-4-2-8-18-10/h1,6-7,10H,2-5,8-9,15H2,(H,16,17). The minimum Gasteiger partial charge on any atom is -0.493 e. The second-order valence-electron chi connectivity index (χ2n) is 4.65. The van der Waals surface area contributed by atoms with Crippen molar-refractivity contribution in [1.82, 2.24) is 0 Å². The van der Waals surface area contributed by atoms with Gasteiger partial charge in [0, 0.05) is 12.3 Å². The normalized spacial score (nSPS) is 18.4. The van der Waals surface area contributed by atoms with Gasteiger partial charge in [-0.25, -0.2) is 4.79 Å². The fourth-order valence-electron chi connectivity index (χ4n) is 2.26. The molecule has 0 amide bonds. The van der Waals surface area contributed by atoms with Crippen LogP contribution in [0.5, 0.6) is 5.75 Å². The smallest absolute Gasteiger partial charge is 0.341 e. The fourth-order valence-corrected chi connectivity index (χ4v) is 2.26. The highest BCUT2D eigenvalue weighted by molar-refractivity contribution is 5.96. The van der Waals surface area contributed by atoms with Crippen LogP contribution in [0.4, 0.5) is 5.69 Å². The molecule has 0 radical (unpaired) electrons. The van der Waals surface area contributed by atoms with Crippen molar-refractivity contribution in [3.8, 4) is 5.75 Å². The highest BCUT2D eigenvalue weighted by Gasteiger charge is 2.16. The van der Waals surface area contributed by atoms with Crippen LogP contribution in [0, 0.1) is 0 Å². The Kier molecular flexibility index (Phi) is 4.63. The molecule has 1 aromatic rings. The minimum atomic E-state index is -1.06. The maximum atomic E-state index is 11.1. The van der Waals surface area contributed by atoms with E-state index in [-0.39, 0.29) is 11.3 Å². The Hall–Kier alpha value is -1.75. The minimum absolute atomic E-state index is 0.0413. The van der Waals surface area contributed by atoms with Crippen molar-refractivity contribution in [2.45, 2.75) is 31.8 Å². The molecule has 19 heavy (non-hydrogen) atoms. The number of carbonyl (C=O) groups is 1. The third-order valence-corrected chi connectivity index (χ3v) is 3.22. The molecule has 1 aromatic carbocycles. The molecule has 1 heterocycles. The van der Waals surface area contributed by atoms with Crippen molar-refractivity contribution in [1.29, 1.82) is 0 Å². The Labute approximate surface area is 112 Å². The van der Waals surface area contributed by atoms with Gasteiger partial charge < -0.3 is 20.3 Å². The van der Waals surface area contributed by atoms with Gasteiger partial charge in [-0.05, 0) is 37.8 Å². The van der Waals surface area contributed by atoms with E-state index in [1.54, 1.807) is 18.2 Å². The lowest BCUT2D eigenvalue weighted by Crippen LogP contribution is -2.10.